The monoisotopic (exact) mass is 373 g/mol. The molecule has 4 rings (SSSR count). The summed E-state index contributed by atoms with van der Waals surface area (Å²) in [5, 5.41) is 5.36. The van der Waals surface area contributed by atoms with Crippen LogP contribution < -0.4 is 0 Å². The fraction of sp³-hybridized carbons (Fsp3) is 0.217. The Bertz CT molecular complexity index is 1140. The molecule has 0 fully saturated rings. The van der Waals surface area contributed by atoms with Gasteiger partial charge in [-0.15, -0.1) is 0 Å². The highest BCUT2D eigenvalue weighted by atomic mass is 16.5. The van der Waals surface area contributed by atoms with Crippen LogP contribution in [0.3, 0.4) is 0 Å². The topological polar surface area (TPSA) is 62.1 Å². The van der Waals surface area contributed by atoms with E-state index in [0.29, 0.717) is 0 Å². The maximum atomic E-state index is 12.8. The zero-order valence-corrected chi connectivity index (χ0v) is 16.5. The third-order valence-electron chi connectivity index (χ3n) is 5.15. The third-order valence-corrected chi connectivity index (χ3v) is 5.15. The second-order valence-corrected chi connectivity index (χ2v) is 7.24. The van der Waals surface area contributed by atoms with Crippen LogP contribution >= 0.6 is 0 Å². The molecule has 1 unspecified atom stereocenters. The summed E-state index contributed by atoms with van der Waals surface area (Å²) in [5.74, 6) is 0.469. The minimum Gasteiger partial charge on any atom is -0.360 e. The molecule has 0 saturated carbocycles. The largest absolute Gasteiger partial charge is 0.360 e. The molecule has 2 heterocycles. The Labute approximate surface area is 164 Å². The predicted octanol–water partition coefficient (Wildman–Crippen LogP) is 4.99. The molecule has 1 atom stereocenters. The molecular formula is C23H23N3O2. The van der Waals surface area contributed by atoms with Crippen molar-refractivity contribution in [2.24, 2.45) is 0 Å². The molecule has 1 amide bonds. The summed E-state index contributed by atoms with van der Waals surface area (Å²) in [7, 11) is 3.57. The first kappa shape index (κ1) is 18.0. The van der Waals surface area contributed by atoms with Gasteiger partial charge in [0, 0.05) is 30.6 Å². The average molecular weight is 373 g/mol. The van der Waals surface area contributed by atoms with Crippen molar-refractivity contribution in [1.82, 2.24) is 15.0 Å². The number of nitrogens with one attached hydrogen (secondary N) is 1. The molecule has 5 nitrogen and oxygen atoms in total. The molecule has 142 valence electrons. The maximum Gasteiger partial charge on any atom is 0.229 e. The van der Waals surface area contributed by atoms with Crippen molar-refractivity contribution in [1.29, 1.82) is 0 Å². The number of para-hydroxylation sites is 1. The lowest BCUT2D eigenvalue weighted by atomic mass is 9.92. The van der Waals surface area contributed by atoms with E-state index in [4.69, 9.17) is 4.52 Å². The molecular weight excluding hydrogens is 350 g/mol. The van der Waals surface area contributed by atoms with Crippen LogP contribution in [0.5, 0.6) is 0 Å². The highest BCUT2D eigenvalue weighted by Crippen LogP contribution is 2.41. The molecule has 0 aliphatic rings. The number of fused-ring (bicyclic) bond motifs is 1. The number of H-pyrrole nitrogens is 1. The van der Waals surface area contributed by atoms with Gasteiger partial charge in [0.1, 0.15) is 11.5 Å². The number of aromatic nitrogens is 2. The minimum atomic E-state index is -0.306. The van der Waals surface area contributed by atoms with Gasteiger partial charge in [-0.3, -0.25) is 4.79 Å². The van der Waals surface area contributed by atoms with E-state index in [1.165, 1.54) is 0 Å². The van der Waals surface area contributed by atoms with Crippen molar-refractivity contribution in [3.05, 3.63) is 65.9 Å². The first-order valence-corrected chi connectivity index (χ1v) is 9.33. The molecule has 2 aromatic heterocycles. The van der Waals surface area contributed by atoms with Gasteiger partial charge in [-0.2, -0.15) is 0 Å². The first-order chi connectivity index (χ1) is 13.5. The zero-order chi connectivity index (χ0) is 19.8. The molecule has 5 heteroatoms. The SMILES string of the molecule is Cc1onc(-c2ccccc2)c1-c1[nH]c2ccccc2c1C(C)C(=O)N(C)C. The number of aryl methyl sites for hydroxylation is 1. The van der Waals surface area contributed by atoms with E-state index >= 15 is 0 Å². The molecule has 0 spiro atoms. The number of amides is 1. The van der Waals surface area contributed by atoms with Gasteiger partial charge in [-0.25, -0.2) is 0 Å². The number of likely N-dealkylation sites (N-methyl/N-ethyl adjacent to an activating group) is 1. The fourth-order valence-electron chi connectivity index (χ4n) is 3.78. The van der Waals surface area contributed by atoms with Gasteiger partial charge in [0.2, 0.25) is 5.91 Å². The second kappa shape index (κ2) is 7.00. The van der Waals surface area contributed by atoms with Crippen molar-refractivity contribution in [3.63, 3.8) is 0 Å². The van der Waals surface area contributed by atoms with E-state index in [1.807, 2.05) is 62.4 Å². The number of carbonyl (C=O) groups is 1. The van der Waals surface area contributed by atoms with Crippen LogP contribution in [0.2, 0.25) is 0 Å². The van der Waals surface area contributed by atoms with Crippen LogP contribution in [0.25, 0.3) is 33.4 Å². The van der Waals surface area contributed by atoms with Gasteiger partial charge >= 0.3 is 0 Å². The van der Waals surface area contributed by atoms with Crippen molar-refractivity contribution in [2.45, 2.75) is 19.8 Å². The maximum absolute atomic E-state index is 12.8. The highest BCUT2D eigenvalue weighted by molar-refractivity contribution is 5.99. The summed E-state index contributed by atoms with van der Waals surface area (Å²) >= 11 is 0. The van der Waals surface area contributed by atoms with Gasteiger partial charge in [0.15, 0.2) is 0 Å². The van der Waals surface area contributed by atoms with E-state index in [-0.39, 0.29) is 11.8 Å². The number of carbonyl (C=O) groups excluding carboxylic acids is 1. The van der Waals surface area contributed by atoms with E-state index in [9.17, 15) is 4.79 Å². The number of rotatable bonds is 4. The van der Waals surface area contributed by atoms with Gasteiger partial charge in [-0.1, -0.05) is 53.7 Å². The average Bonchev–Trinajstić information content (AvgIpc) is 3.27. The predicted molar refractivity (Wildman–Crippen MR) is 111 cm³/mol. The molecule has 1 N–H and O–H groups in total. The molecule has 0 bridgehead atoms. The molecule has 0 saturated heterocycles. The fourth-order valence-corrected chi connectivity index (χ4v) is 3.78. The lowest BCUT2D eigenvalue weighted by Gasteiger charge is -2.18. The van der Waals surface area contributed by atoms with Gasteiger partial charge < -0.3 is 14.4 Å². The normalized spacial score (nSPS) is 12.3. The zero-order valence-electron chi connectivity index (χ0n) is 16.5. The first-order valence-electron chi connectivity index (χ1n) is 9.33. The van der Waals surface area contributed by atoms with E-state index in [2.05, 4.69) is 16.2 Å². The molecule has 0 radical (unpaired) electrons. The van der Waals surface area contributed by atoms with Crippen LogP contribution in [0, 0.1) is 6.92 Å². The van der Waals surface area contributed by atoms with E-state index < -0.39 is 0 Å². The van der Waals surface area contributed by atoms with E-state index in [1.54, 1.807) is 19.0 Å². The Morgan fingerprint density at radius 1 is 1.07 bits per heavy atom. The highest BCUT2D eigenvalue weighted by Gasteiger charge is 2.28. The van der Waals surface area contributed by atoms with Crippen LogP contribution in [-0.4, -0.2) is 35.0 Å². The number of hydrogen-bond donors (Lipinski definition) is 1. The van der Waals surface area contributed by atoms with Crippen molar-refractivity contribution in [2.75, 3.05) is 14.1 Å². The van der Waals surface area contributed by atoms with Crippen LogP contribution in [-0.2, 0) is 4.79 Å². The summed E-state index contributed by atoms with van der Waals surface area (Å²) in [5.41, 5.74) is 5.50. The molecule has 2 aromatic carbocycles. The molecule has 0 aliphatic carbocycles. The Morgan fingerprint density at radius 2 is 1.75 bits per heavy atom. The van der Waals surface area contributed by atoms with Gasteiger partial charge in [0.25, 0.3) is 0 Å². The van der Waals surface area contributed by atoms with E-state index in [0.717, 1.165) is 44.7 Å². The van der Waals surface area contributed by atoms with Gasteiger partial charge in [-0.05, 0) is 25.5 Å². The number of nitrogens with zero attached hydrogens (tertiary/aromatic N) is 2. The minimum absolute atomic E-state index is 0.0568. The summed E-state index contributed by atoms with van der Waals surface area (Å²) in [4.78, 5) is 18.0. The lowest BCUT2D eigenvalue weighted by molar-refractivity contribution is -0.129. The number of hydrogen-bond acceptors (Lipinski definition) is 3. The van der Waals surface area contributed by atoms with Gasteiger partial charge in [0.05, 0.1) is 17.2 Å². The summed E-state index contributed by atoms with van der Waals surface area (Å²) in [6, 6.07) is 18.0. The number of benzene rings is 2. The summed E-state index contributed by atoms with van der Waals surface area (Å²) in [6.07, 6.45) is 0. The summed E-state index contributed by atoms with van der Waals surface area (Å²) < 4.78 is 5.58. The van der Waals surface area contributed by atoms with Crippen LogP contribution in [0.15, 0.2) is 59.1 Å². The van der Waals surface area contributed by atoms with Crippen LogP contribution in [0.1, 0.15) is 24.2 Å². The quantitative estimate of drug-likeness (QED) is 0.548. The molecule has 0 aliphatic heterocycles. The molecule has 28 heavy (non-hydrogen) atoms. The van der Waals surface area contributed by atoms with Crippen molar-refractivity contribution < 1.29 is 9.32 Å². The Morgan fingerprint density at radius 3 is 2.46 bits per heavy atom. The van der Waals surface area contributed by atoms with Crippen molar-refractivity contribution >= 4 is 16.8 Å². The van der Waals surface area contributed by atoms with Crippen LogP contribution in [0.4, 0.5) is 0 Å². The third kappa shape index (κ3) is 2.89. The number of aromatic amines is 1. The lowest BCUT2D eigenvalue weighted by Crippen LogP contribution is -2.26. The molecule has 4 aromatic rings. The van der Waals surface area contributed by atoms with Crippen molar-refractivity contribution in [3.8, 4) is 22.5 Å². The second-order valence-electron chi connectivity index (χ2n) is 7.24. The Balaban J connectivity index is 2.00. The Hall–Kier alpha value is -3.34. The summed E-state index contributed by atoms with van der Waals surface area (Å²) in [6.45, 7) is 3.86. The smallest absolute Gasteiger partial charge is 0.229 e. The standard InChI is InChI=1S/C23H23N3O2/c1-14(23(27)26(3)4)19-17-12-8-9-13-18(17)24-22(19)20-15(2)28-25-21(20)16-10-6-5-7-11-16/h5-14,24H,1-4H3. The Kier molecular flexibility index (Phi) is 4.51.